The van der Waals surface area contributed by atoms with E-state index in [9.17, 15) is 9.59 Å². The Kier molecular flexibility index (Phi) is 6.34. The molecule has 0 aliphatic heterocycles. The highest BCUT2D eigenvalue weighted by Gasteiger charge is 2.14. The zero-order valence-electron chi connectivity index (χ0n) is 17.7. The zero-order chi connectivity index (χ0) is 21.7. The molecule has 0 atom stereocenters. The summed E-state index contributed by atoms with van der Waals surface area (Å²) in [6.07, 6.45) is 4.65. The predicted molar refractivity (Wildman–Crippen MR) is 113 cm³/mol. The largest absolute Gasteiger partial charge is 0.486 e. The lowest BCUT2D eigenvalue weighted by Crippen LogP contribution is -2.31. The van der Waals surface area contributed by atoms with Gasteiger partial charge in [-0.3, -0.25) is 9.59 Å². The van der Waals surface area contributed by atoms with Crippen LogP contribution in [-0.2, 0) is 25.1 Å². The minimum Gasteiger partial charge on any atom is -0.486 e. The van der Waals surface area contributed by atoms with Gasteiger partial charge >= 0.3 is 0 Å². The van der Waals surface area contributed by atoms with Gasteiger partial charge in [-0.25, -0.2) is 9.97 Å². The van der Waals surface area contributed by atoms with E-state index in [0.29, 0.717) is 11.6 Å². The first-order chi connectivity index (χ1) is 14.3. The third-order valence-corrected chi connectivity index (χ3v) is 4.76. The van der Waals surface area contributed by atoms with E-state index in [1.165, 1.54) is 11.8 Å². The van der Waals surface area contributed by atoms with E-state index in [0.717, 1.165) is 12.2 Å². The molecule has 0 unspecified atom stereocenters. The number of benzene rings is 1. The molecule has 2 N–H and O–H groups in total. The fourth-order valence-corrected chi connectivity index (χ4v) is 2.92. The Morgan fingerprint density at radius 1 is 1.20 bits per heavy atom. The lowest BCUT2D eigenvalue weighted by molar-refractivity contribution is 0.0948. The Hall–Kier alpha value is -3.42. The van der Waals surface area contributed by atoms with Crippen molar-refractivity contribution in [3.63, 3.8) is 0 Å². The van der Waals surface area contributed by atoms with Crippen LogP contribution in [0.3, 0.4) is 0 Å². The molecule has 0 saturated carbocycles. The van der Waals surface area contributed by atoms with Crippen LogP contribution in [0.4, 0.5) is 0 Å². The van der Waals surface area contributed by atoms with E-state index >= 15 is 0 Å². The molecular formula is C22H27N5O3. The number of hydrogen-bond acceptors (Lipinski definition) is 5. The van der Waals surface area contributed by atoms with E-state index in [1.807, 2.05) is 35.8 Å². The minimum absolute atomic E-state index is 0.0455. The van der Waals surface area contributed by atoms with E-state index in [1.54, 1.807) is 12.5 Å². The summed E-state index contributed by atoms with van der Waals surface area (Å²) in [4.78, 5) is 35.4. The number of aromatic nitrogens is 4. The first kappa shape index (κ1) is 21.3. The number of rotatable bonds is 7. The number of nitrogens with zero attached hydrogens (tertiary/aromatic N) is 3. The minimum atomic E-state index is -0.506. The summed E-state index contributed by atoms with van der Waals surface area (Å²) in [6.45, 7) is 9.56. The van der Waals surface area contributed by atoms with Gasteiger partial charge in [-0.1, -0.05) is 32.9 Å². The lowest BCUT2D eigenvalue weighted by Gasteiger charge is -2.19. The number of amides is 1. The predicted octanol–water partition coefficient (Wildman–Crippen LogP) is 2.79. The van der Waals surface area contributed by atoms with Crippen molar-refractivity contribution in [3.05, 3.63) is 76.0 Å². The molecule has 2 heterocycles. The van der Waals surface area contributed by atoms with Crippen LogP contribution in [0.1, 0.15) is 55.1 Å². The van der Waals surface area contributed by atoms with Gasteiger partial charge < -0.3 is 19.6 Å². The lowest BCUT2D eigenvalue weighted by atomic mass is 9.87. The van der Waals surface area contributed by atoms with Gasteiger partial charge in [0.05, 0.1) is 18.6 Å². The quantitative estimate of drug-likeness (QED) is 0.625. The van der Waals surface area contributed by atoms with Crippen molar-refractivity contribution >= 4 is 5.91 Å². The van der Waals surface area contributed by atoms with Gasteiger partial charge in [-0.15, -0.1) is 0 Å². The molecule has 2 aromatic heterocycles. The fraction of sp³-hybridized carbons (Fsp3) is 0.364. The summed E-state index contributed by atoms with van der Waals surface area (Å²) in [5.74, 6) is 0.540. The number of nitrogens with one attached hydrogen (secondary N) is 2. The normalized spacial score (nSPS) is 11.3. The van der Waals surface area contributed by atoms with Crippen molar-refractivity contribution in [3.8, 4) is 5.75 Å². The van der Waals surface area contributed by atoms with Crippen LogP contribution in [-0.4, -0.2) is 25.4 Å². The fourth-order valence-electron chi connectivity index (χ4n) is 2.92. The Balaban J connectivity index is 1.59. The van der Waals surface area contributed by atoms with Crippen LogP contribution in [0, 0.1) is 0 Å². The molecule has 3 aromatic rings. The van der Waals surface area contributed by atoms with Gasteiger partial charge in [0.2, 0.25) is 0 Å². The Morgan fingerprint density at radius 3 is 2.57 bits per heavy atom. The summed E-state index contributed by atoms with van der Waals surface area (Å²) in [5.41, 5.74) is 1.58. The summed E-state index contributed by atoms with van der Waals surface area (Å²) in [5, 5.41) is 2.72. The number of ether oxygens (including phenoxy) is 1. The van der Waals surface area contributed by atoms with Crippen LogP contribution in [0.2, 0.25) is 0 Å². The molecule has 0 spiro atoms. The highest BCUT2D eigenvalue weighted by molar-refractivity contribution is 5.93. The summed E-state index contributed by atoms with van der Waals surface area (Å²) >= 11 is 0. The van der Waals surface area contributed by atoms with Crippen molar-refractivity contribution in [2.45, 2.75) is 52.8 Å². The van der Waals surface area contributed by atoms with Crippen molar-refractivity contribution in [2.75, 3.05) is 0 Å². The summed E-state index contributed by atoms with van der Waals surface area (Å²) in [7, 11) is 0. The standard InChI is InChI=1S/C22H27N5O3/c1-5-27-14-23-10-16(27)11-25-20(28)18-12-24-19(26-21(18)29)13-30-17-8-6-15(7-9-17)22(2,3)4/h6-10,12,14H,5,11,13H2,1-4H3,(H,25,28)(H,24,26,29). The zero-order valence-corrected chi connectivity index (χ0v) is 17.7. The maximum absolute atomic E-state index is 12.3. The van der Waals surface area contributed by atoms with Gasteiger partial charge in [-0.2, -0.15) is 0 Å². The van der Waals surface area contributed by atoms with Crippen LogP contribution in [0.15, 0.2) is 47.8 Å². The van der Waals surface area contributed by atoms with Crippen molar-refractivity contribution in [1.29, 1.82) is 0 Å². The molecule has 0 bridgehead atoms. The number of H-pyrrole nitrogens is 1. The van der Waals surface area contributed by atoms with Gasteiger partial charge in [0.1, 0.15) is 23.7 Å². The molecule has 1 amide bonds. The van der Waals surface area contributed by atoms with Gasteiger partial charge in [0.15, 0.2) is 0 Å². The molecule has 0 aliphatic carbocycles. The Bertz CT molecular complexity index is 1060. The average molecular weight is 409 g/mol. The highest BCUT2D eigenvalue weighted by atomic mass is 16.5. The van der Waals surface area contributed by atoms with Crippen LogP contribution in [0.25, 0.3) is 0 Å². The van der Waals surface area contributed by atoms with E-state index in [2.05, 4.69) is 41.0 Å². The second kappa shape index (κ2) is 8.94. The second-order valence-electron chi connectivity index (χ2n) is 7.99. The topological polar surface area (TPSA) is 102 Å². The number of aromatic amines is 1. The Labute approximate surface area is 175 Å². The number of imidazole rings is 1. The SMILES string of the molecule is CCn1cncc1CNC(=O)c1cnc(COc2ccc(C(C)(C)C)cc2)[nH]c1=O. The average Bonchev–Trinajstić information content (AvgIpc) is 3.18. The molecule has 8 heteroatoms. The molecule has 0 aliphatic rings. The van der Waals surface area contributed by atoms with E-state index in [4.69, 9.17) is 4.74 Å². The molecular weight excluding hydrogens is 382 g/mol. The molecule has 3 rings (SSSR count). The molecule has 8 nitrogen and oxygen atoms in total. The molecule has 158 valence electrons. The van der Waals surface area contributed by atoms with Gasteiger partial charge in [0.25, 0.3) is 11.5 Å². The molecule has 0 saturated heterocycles. The number of carbonyl (C=O) groups is 1. The molecule has 0 fully saturated rings. The summed E-state index contributed by atoms with van der Waals surface area (Å²) < 4.78 is 7.61. The van der Waals surface area contributed by atoms with Crippen molar-refractivity contribution in [2.24, 2.45) is 0 Å². The highest BCUT2D eigenvalue weighted by Crippen LogP contribution is 2.24. The monoisotopic (exact) mass is 409 g/mol. The number of aryl methyl sites for hydroxylation is 1. The third kappa shape index (κ3) is 5.14. The van der Waals surface area contributed by atoms with Gasteiger partial charge in [0, 0.05) is 18.9 Å². The van der Waals surface area contributed by atoms with E-state index < -0.39 is 11.5 Å². The first-order valence-corrected chi connectivity index (χ1v) is 9.86. The smallest absolute Gasteiger partial charge is 0.263 e. The number of carbonyl (C=O) groups excluding carboxylic acids is 1. The third-order valence-electron chi connectivity index (χ3n) is 4.76. The van der Waals surface area contributed by atoms with Crippen LogP contribution in [0.5, 0.6) is 5.75 Å². The molecule has 1 aromatic carbocycles. The molecule has 0 radical (unpaired) electrons. The number of hydrogen-bond donors (Lipinski definition) is 2. The second-order valence-corrected chi connectivity index (χ2v) is 7.99. The Morgan fingerprint density at radius 2 is 1.93 bits per heavy atom. The first-order valence-electron chi connectivity index (χ1n) is 9.86. The van der Waals surface area contributed by atoms with E-state index in [-0.39, 0.29) is 24.1 Å². The van der Waals surface area contributed by atoms with Crippen LogP contribution < -0.4 is 15.6 Å². The van der Waals surface area contributed by atoms with Crippen molar-refractivity contribution in [1.82, 2.24) is 24.8 Å². The van der Waals surface area contributed by atoms with Crippen molar-refractivity contribution < 1.29 is 9.53 Å². The van der Waals surface area contributed by atoms with Crippen LogP contribution >= 0.6 is 0 Å². The maximum Gasteiger partial charge on any atom is 0.263 e. The molecule has 30 heavy (non-hydrogen) atoms. The van der Waals surface area contributed by atoms with Gasteiger partial charge in [-0.05, 0) is 30.0 Å². The summed E-state index contributed by atoms with van der Waals surface area (Å²) in [6, 6.07) is 7.82. The maximum atomic E-state index is 12.3.